The summed E-state index contributed by atoms with van der Waals surface area (Å²) in [5.41, 5.74) is 0.181. The van der Waals surface area contributed by atoms with Gasteiger partial charge in [-0.15, -0.1) is 0 Å². The molecule has 0 radical (unpaired) electrons. The third kappa shape index (κ3) is 3.75. The molecule has 0 saturated carbocycles. The molecule has 1 amide bonds. The van der Waals surface area contributed by atoms with Crippen molar-refractivity contribution in [2.75, 3.05) is 17.7 Å². The van der Waals surface area contributed by atoms with Gasteiger partial charge in [-0.05, 0) is 24.3 Å². The molecule has 0 unspecified atom stereocenters. The molecule has 1 heterocycles. The van der Waals surface area contributed by atoms with Crippen molar-refractivity contribution in [2.45, 2.75) is 0 Å². The number of nitrogens with one attached hydrogen (secondary N) is 2. The number of anilines is 3. The van der Waals surface area contributed by atoms with Crippen LogP contribution < -0.4 is 15.4 Å². The molecule has 2 N–H and O–H groups in total. The molecule has 1 aromatic heterocycles. The number of rotatable bonds is 5. The Morgan fingerprint density at radius 2 is 1.73 bits per heavy atom. The number of amides is 1. The van der Waals surface area contributed by atoms with Crippen molar-refractivity contribution < 1.29 is 18.3 Å². The molecule has 0 spiro atoms. The van der Waals surface area contributed by atoms with Gasteiger partial charge >= 0.3 is 0 Å². The minimum atomic E-state index is -0.759. The van der Waals surface area contributed by atoms with E-state index in [2.05, 4.69) is 20.6 Å². The third-order valence-electron chi connectivity index (χ3n) is 3.46. The van der Waals surface area contributed by atoms with Gasteiger partial charge in [0.15, 0.2) is 0 Å². The minimum absolute atomic E-state index is 0.0375. The van der Waals surface area contributed by atoms with Crippen LogP contribution in [0, 0.1) is 11.6 Å². The van der Waals surface area contributed by atoms with Gasteiger partial charge in [0.1, 0.15) is 34.6 Å². The van der Waals surface area contributed by atoms with Crippen LogP contribution in [-0.2, 0) is 0 Å². The number of ether oxygens (including phenoxy) is 1. The Hall–Kier alpha value is -3.55. The van der Waals surface area contributed by atoms with Crippen LogP contribution in [0.1, 0.15) is 10.5 Å². The quantitative estimate of drug-likeness (QED) is 0.728. The Bertz CT molecular complexity index is 912. The van der Waals surface area contributed by atoms with Crippen molar-refractivity contribution in [1.82, 2.24) is 9.97 Å². The van der Waals surface area contributed by atoms with E-state index in [9.17, 15) is 13.6 Å². The van der Waals surface area contributed by atoms with E-state index in [0.717, 1.165) is 12.1 Å². The molecule has 0 aliphatic rings. The number of hydrogen-bond donors (Lipinski definition) is 2. The summed E-state index contributed by atoms with van der Waals surface area (Å²) >= 11 is 0. The maximum absolute atomic E-state index is 13.6. The number of aromatic nitrogens is 2. The van der Waals surface area contributed by atoms with Gasteiger partial charge in [0.05, 0.1) is 25.2 Å². The Morgan fingerprint density at radius 3 is 2.38 bits per heavy atom. The fourth-order valence-corrected chi connectivity index (χ4v) is 2.19. The number of halogens is 2. The Kier molecular flexibility index (Phi) is 5.02. The van der Waals surface area contributed by atoms with Crippen LogP contribution in [0.2, 0.25) is 0 Å². The summed E-state index contributed by atoms with van der Waals surface area (Å²) in [4.78, 5) is 20.2. The van der Waals surface area contributed by atoms with E-state index in [1.54, 1.807) is 24.3 Å². The summed E-state index contributed by atoms with van der Waals surface area (Å²) in [7, 11) is 1.49. The molecule has 2 aromatic carbocycles. The highest BCUT2D eigenvalue weighted by molar-refractivity contribution is 6.03. The predicted molar refractivity (Wildman–Crippen MR) is 92.6 cm³/mol. The van der Waals surface area contributed by atoms with Crippen LogP contribution in [0.3, 0.4) is 0 Å². The molecule has 0 fully saturated rings. The number of methoxy groups -OCH3 is 1. The molecule has 26 heavy (non-hydrogen) atoms. The summed E-state index contributed by atoms with van der Waals surface area (Å²) in [6, 6.07) is 10.4. The molecule has 6 nitrogen and oxygen atoms in total. The molecule has 8 heteroatoms. The van der Waals surface area contributed by atoms with Gasteiger partial charge in [0.25, 0.3) is 5.91 Å². The van der Waals surface area contributed by atoms with Gasteiger partial charge in [-0.2, -0.15) is 0 Å². The van der Waals surface area contributed by atoms with E-state index in [4.69, 9.17) is 4.74 Å². The standard InChI is InChI=1S/C18H14F2N4O2/c1-26-15-8-3-2-7-13(15)23-18(25)14-9-22-16(10-21-14)24-17-11(19)5-4-6-12(17)20/h2-10H,1H3,(H,22,24)(H,23,25). The van der Waals surface area contributed by atoms with E-state index in [0.29, 0.717) is 11.4 Å². The van der Waals surface area contributed by atoms with Crippen LogP contribution in [0.15, 0.2) is 54.9 Å². The summed E-state index contributed by atoms with van der Waals surface area (Å²) in [5.74, 6) is -1.41. The van der Waals surface area contributed by atoms with Gasteiger partial charge in [-0.25, -0.2) is 18.7 Å². The summed E-state index contributed by atoms with van der Waals surface area (Å²) in [6.07, 6.45) is 2.41. The van der Waals surface area contributed by atoms with Crippen molar-refractivity contribution in [3.05, 3.63) is 72.2 Å². The first kappa shape index (κ1) is 17.3. The van der Waals surface area contributed by atoms with Gasteiger partial charge in [0.2, 0.25) is 0 Å². The van der Waals surface area contributed by atoms with Crippen LogP contribution in [0.4, 0.5) is 26.0 Å². The normalized spacial score (nSPS) is 10.3. The molecule has 3 aromatic rings. The summed E-state index contributed by atoms with van der Waals surface area (Å²) in [5, 5.41) is 5.16. The zero-order chi connectivity index (χ0) is 18.5. The minimum Gasteiger partial charge on any atom is -0.495 e. The first-order chi connectivity index (χ1) is 12.6. The first-order valence-electron chi connectivity index (χ1n) is 7.56. The molecular formula is C18H14F2N4O2. The predicted octanol–water partition coefficient (Wildman–Crippen LogP) is 3.76. The largest absolute Gasteiger partial charge is 0.495 e. The molecule has 0 aliphatic heterocycles. The van der Waals surface area contributed by atoms with E-state index in [1.165, 1.54) is 25.6 Å². The summed E-state index contributed by atoms with van der Waals surface area (Å²) in [6.45, 7) is 0. The SMILES string of the molecule is COc1ccccc1NC(=O)c1cnc(Nc2c(F)cccc2F)cn1. The fraction of sp³-hybridized carbons (Fsp3) is 0.0556. The van der Waals surface area contributed by atoms with Crippen molar-refractivity contribution in [3.63, 3.8) is 0 Å². The van der Waals surface area contributed by atoms with Crippen LogP contribution in [0.5, 0.6) is 5.75 Å². The second kappa shape index (κ2) is 7.56. The number of carbonyl (C=O) groups is 1. The smallest absolute Gasteiger partial charge is 0.275 e. The summed E-state index contributed by atoms with van der Waals surface area (Å²) < 4.78 is 32.4. The number of benzene rings is 2. The van der Waals surface area contributed by atoms with E-state index in [1.807, 2.05) is 0 Å². The average Bonchev–Trinajstić information content (AvgIpc) is 2.66. The van der Waals surface area contributed by atoms with Crippen molar-refractivity contribution >= 4 is 23.1 Å². The maximum atomic E-state index is 13.6. The van der Waals surface area contributed by atoms with Gasteiger partial charge in [0, 0.05) is 0 Å². The second-order valence-electron chi connectivity index (χ2n) is 5.16. The Morgan fingerprint density at radius 1 is 1.00 bits per heavy atom. The molecule has 0 saturated heterocycles. The number of hydrogen-bond acceptors (Lipinski definition) is 5. The zero-order valence-corrected chi connectivity index (χ0v) is 13.7. The molecule has 0 atom stereocenters. The lowest BCUT2D eigenvalue weighted by atomic mass is 10.3. The lowest BCUT2D eigenvalue weighted by molar-refractivity contribution is 0.102. The monoisotopic (exact) mass is 356 g/mol. The third-order valence-corrected chi connectivity index (χ3v) is 3.46. The molecule has 0 aliphatic carbocycles. The fourth-order valence-electron chi connectivity index (χ4n) is 2.19. The lowest BCUT2D eigenvalue weighted by Crippen LogP contribution is -2.15. The number of nitrogens with zero attached hydrogens (tertiary/aromatic N) is 2. The van der Waals surface area contributed by atoms with E-state index >= 15 is 0 Å². The van der Waals surface area contributed by atoms with Crippen LogP contribution in [-0.4, -0.2) is 23.0 Å². The number of para-hydroxylation sites is 3. The second-order valence-corrected chi connectivity index (χ2v) is 5.16. The topological polar surface area (TPSA) is 76.1 Å². The highest BCUT2D eigenvalue weighted by Gasteiger charge is 2.13. The molecular weight excluding hydrogens is 342 g/mol. The number of carbonyl (C=O) groups excluding carboxylic acids is 1. The van der Waals surface area contributed by atoms with E-state index < -0.39 is 17.5 Å². The van der Waals surface area contributed by atoms with Crippen LogP contribution >= 0.6 is 0 Å². The van der Waals surface area contributed by atoms with E-state index in [-0.39, 0.29) is 17.2 Å². The molecule has 3 rings (SSSR count). The average molecular weight is 356 g/mol. The van der Waals surface area contributed by atoms with Crippen molar-refractivity contribution in [1.29, 1.82) is 0 Å². The van der Waals surface area contributed by atoms with Crippen molar-refractivity contribution in [2.24, 2.45) is 0 Å². The highest BCUT2D eigenvalue weighted by Crippen LogP contribution is 2.24. The zero-order valence-electron chi connectivity index (χ0n) is 13.7. The van der Waals surface area contributed by atoms with Gasteiger partial charge in [-0.1, -0.05) is 18.2 Å². The highest BCUT2D eigenvalue weighted by atomic mass is 19.1. The van der Waals surface area contributed by atoms with Crippen LogP contribution in [0.25, 0.3) is 0 Å². The molecule has 0 bridgehead atoms. The van der Waals surface area contributed by atoms with Gasteiger partial charge < -0.3 is 15.4 Å². The van der Waals surface area contributed by atoms with Crippen molar-refractivity contribution in [3.8, 4) is 5.75 Å². The Balaban J connectivity index is 1.74. The lowest BCUT2D eigenvalue weighted by Gasteiger charge is -2.10. The maximum Gasteiger partial charge on any atom is 0.275 e. The Labute approximate surface area is 147 Å². The molecule has 132 valence electrons. The van der Waals surface area contributed by atoms with Gasteiger partial charge in [-0.3, -0.25) is 4.79 Å². The first-order valence-corrected chi connectivity index (χ1v) is 7.56.